The Balaban J connectivity index is 2.30. The predicted molar refractivity (Wildman–Crippen MR) is 95.8 cm³/mol. The molecule has 0 bridgehead atoms. The molecule has 1 amide bonds. The molecule has 1 aliphatic heterocycles. The Labute approximate surface area is 148 Å². The van der Waals surface area contributed by atoms with Crippen molar-refractivity contribution in [3.05, 3.63) is 24.3 Å². The molecule has 1 aromatic carbocycles. The van der Waals surface area contributed by atoms with Gasteiger partial charge in [-0.1, -0.05) is 26.8 Å². The highest BCUT2D eigenvalue weighted by atomic mass is 16.5. The average Bonchev–Trinajstić information content (AvgIpc) is 3.02. The van der Waals surface area contributed by atoms with E-state index in [-0.39, 0.29) is 23.3 Å². The first kappa shape index (κ1) is 19.0. The fraction of sp³-hybridized carbons (Fsp3) is 0.526. The van der Waals surface area contributed by atoms with Crippen LogP contribution in [0.4, 0.5) is 5.69 Å². The third-order valence-corrected chi connectivity index (χ3v) is 4.07. The lowest BCUT2D eigenvalue weighted by Crippen LogP contribution is -2.73. The van der Waals surface area contributed by atoms with Gasteiger partial charge in [0.1, 0.15) is 11.8 Å². The zero-order chi connectivity index (χ0) is 18.6. The Morgan fingerprint density at radius 3 is 2.60 bits per heavy atom. The Kier molecular flexibility index (Phi) is 5.82. The van der Waals surface area contributed by atoms with E-state index in [2.05, 4.69) is 4.99 Å². The summed E-state index contributed by atoms with van der Waals surface area (Å²) in [6.45, 7) is 6.62. The van der Waals surface area contributed by atoms with Crippen molar-refractivity contribution in [2.45, 2.75) is 39.7 Å². The van der Waals surface area contributed by atoms with Crippen molar-refractivity contribution in [2.75, 3.05) is 25.7 Å². The molecule has 0 aliphatic carbocycles. The van der Waals surface area contributed by atoms with Gasteiger partial charge in [-0.3, -0.25) is 4.79 Å². The molecule has 0 aromatic heterocycles. The zero-order valence-electron chi connectivity index (χ0n) is 15.6. The van der Waals surface area contributed by atoms with Crippen LogP contribution in [0.1, 0.15) is 33.6 Å². The summed E-state index contributed by atoms with van der Waals surface area (Å²) in [5, 5.41) is 0. The van der Waals surface area contributed by atoms with E-state index in [9.17, 15) is 9.59 Å². The summed E-state index contributed by atoms with van der Waals surface area (Å²) in [5.74, 6) is 0.337. The molecule has 0 fully saturated rings. The SMILES string of the molecule is COC(=O)C1=[NH+]C[C@H](N(C(=O)CC(C)(C)C)c2cccc(OC)c2)C1. The molecule has 1 aromatic rings. The quantitative estimate of drug-likeness (QED) is 0.805. The second-order valence-electron chi connectivity index (χ2n) is 7.41. The molecule has 1 N–H and O–H groups in total. The second kappa shape index (κ2) is 7.68. The molecule has 6 nitrogen and oxygen atoms in total. The third kappa shape index (κ3) is 4.81. The number of carbonyl (C=O) groups is 2. The Morgan fingerprint density at radius 2 is 2.00 bits per heavy atom. The Hall–Kier alpha value is -2.37. The van der Waals surface area contributed by atoms with E-state index >= 15 is 0 Å². The van der Waals surface area contributed by atoms with Gasteiger partial charge in [-0.2, -0.15) is 0 Å². The number of esters is 1. The Bertz CT molecular complexity index is 676. The molecule has 0 radical (unpaired) electrons. The van der Waals surface area contributed by atoms with E-state index in [1.807, 2.05) is 45.0 Å². The minimum absolute atomic E-state index is 0.0265. The van der Waals surface area contributed by atoms with Gasteiger partial charge in [0.15, 0.2) is 6.54 Å². The molecule has 136 valence electrons. The number of hydrogen-bond acceptors (Lipinski definition) is 4. The van der Waals surface area contributed by atoms with E-state index < -0.39 is 0 Å². The van der Waals surface area contributed by atoms with Gasteiger partial charge in [-0.15, -0.1) is 0 Å². The first-order valence-electron chi connectivity index (χ1n) is 8.39. The van der Waals surface area contributed by atoms with Crippen molar-refractivity contribution in [3.63, 3.8) is 0 Å². The van der Waals surface area contributed by atoms with E-state index in [4.69, 9.17) is 9.47 Å². The number of methoxy groups -OCH3 is 2. The summed E-state index contributed by atoms with van der Waals surface area (Å²) in [6.07, 6.45) is 0.855. The van der Waals surface area contributed by atoms with Gasteiger partial charge in [0.25, 0.3) is 5.71 Å². The van der Waals surface area contributed by atoms with Gasteiger partial charge in [0.05, 0.1) is 20.6 Å². The van der Waals surface area contributed by atoms with Gasteiger partial charge >= 0.3 is 5.97 Å². The van der Waals surface area contributed by atoms with Crippen LogP contribution in [-0.2, 0) is 14.3 Å². The normalized spacial score (nSPS) is 17.0. The van der Waals surface area contributed by atoms with Crippen molar-refractivity contribution in [2.24, 2.45) is 5.41 Å². The monoisotopic (exact) mass is 347 g/mol. The average molecular weight is 347 g/mol. The van der Waals surface area contributed by atoms with E-state index in [0.29, 0.717) is 30.8 Å². The van der Waals surface area contributed by atoms with E-state index in [1.165, 1.54) is 7.11 Å². The first-order valence-corrected chi connectivity index (χ1v) is 8.39. The summed E-state index contributed by atoms with van der Waals surface area (Å²) in [7, 11) is 2.95. The van der Waals surface area contributed by atoms with Crippen molar-refractivity contribution in [3.8, 4) is 5.75 Å². The van der Waals surface area contributed by atoms with Crippen LogP contribution in [0, 0.1) is 5.41 Å². The number of rotatable bonds is 5. The number of hydrogen-bond donors (Lipinski definition) is 1. The van der Waals surface area contributed by atoms with Crippen molar-refractivity contribution < 1.29 is 24.1 Å². The maximum atomic E-state index is 13.0. The predicted octanol–water partition coefficient (Wildman–Crippen LogP) is 0.931. The molecule has 2 rings (SSSR count). The molecule has 0 saturated carbocycles. The first-order chi connectivity index (χ1) is 11.7. The molecular formula is C19H27N2O4+. The number of anilines is 1. The highest BCUT2D eigenvalue weighted by molar-refractivity contribution is 6.34. The number of nitrogens with zero attached hydrogens (tertiary/aromatic N) is 1. The van der Waals surface area contributed by atoms with Crippen LogP contribution in [0.5, 0.6) is 5.75 Å². The van der Waals surface area contributed by atoms with Crippen molar-refractivity contribution in [1.29, 1.82) is 0 Å². The van der Waals surface area contributed by atoms with Crippen LogP contribution >= 0.6 is 0 Å². The summed E-state index contributed by atoms with van der Waals surface area (Å²) in [6, 6.07) is 7.29. The highest BCUT2D eigenvalue weighted by Crippen LogP contribution is 2.28. The van der Waals surface area contributed by atoms with Crippen molar-refractivity contribution in [1.82, 2.24) is 0 Å². The molecule has 6 heteroatoms. The number of benzene rings is 1. The van der Waals surface area contributed by atoms with E-state index in [0.717, 1.165) is 5.69 Å². The number of carbonyl (C=O) groups excluding carboxylic acids is 2. The standard InChI is InChI=1S/C19H26N2O4/c1-19(2,3)11-17(22)21(13-7-6-8-15(9-13)24-4)14-10-16(20-12-14)18(23)25-5/h6-9,14H,10-12H2,1-5H3/p+1/t14-/m1/s1. The van der Waals surface area contributed by atoms with Gasteiger partial charge < -0.3 is 14.4 Å². The maximum absolute atomic E-state index is 13.0. The summed E-state index contributed by atoms with van der Waals surface area (Å²) in [5.41, 5.74) is 1.14. The molecule has 0 unspecified atom stereocenters. The summed E-state index contributed by atoms with van der Waals surface area (Å²) < 4.78 is 10.1. The van der Waals surface area contributed by atoms with Crippen LogP contribution in [-0.4, -0.2) is 44.4 Å². The van der Waals surface area contributed by atoms with Gasteiger partial charge in [0, 0.05) is 18.2 Å². The molecule has 1 aliphatic rings. The molecule has 0 spiro atoms. The maximum Gasteiger partial charge on any atom is 0.398 e. The van der Waals surface area contributed by atoms with Gasteiger partial charge in [-0.05, 0) is 17.5 Å². The fourth-order valence-electron chi connectivity index (χ4n) is 2.94. The lowest BCUT2D eigenvalue weighted by atomic mass is 9.91. The van der Waals surface area contributed by atoms with Crippen LogP contribution < -0.4 is 14.6 Å². The van der Waals surface area contributed by atoms with Gasteiger partial charge in [0.2, 0.25) is 5.91 Å². The lowest BCUT2D eigenvalue weighted by Gasteiger charge is -2.30. The minimum Gasteiger partial charge on any atom is -0.497 e. The molecule has 0 saturated heterocycles. The zero-order valence-corrected chi connectivity index (χ0v) is 15.6. The van der Waals surface area contributed by atoms with Crippen LogP contribution in [0.3, 0.4) is 0 Å². The molecule has 25 heavy (non-hydrogen) atoms. The second-order valence-corrected chi connectivity index (χ2v) is 7.41. The Morgan fingerprint density at radius 1 is 1.28 bits per heavy atom. The third-order valence-electron chi connectivity index (χ3n) is 4.07. The lowest BCUT2D eigenvalue weighted by molar-refractivity contribution is -0.448. The number of amides is 1. The minimum atomic E-state index is -0.378. The highest BCUT2D eigenvalue weighted by Gasteiger charge is 2.38. The van der Waals surface area contributed by atoms with E-state index in [1.54, 1.807) is 12.0 Å². The van der Waals surface area contributed by atoms with Crippen LogP contribution in [0.2, 0.25) is 0 Å². The largest absolute Gasteiger partial charge is 0.497 e. The molecule has 1 atom stereocenters. The smallest absolute Gasteiger partial charge is 0.398 e. The molecular weight excluding hydrogens is 320 g/mol. The fourth-order valence-corrected chi connectivity index (χ4v) is 2.94. The van der Waals surface area contributed by atoms with Crippen LogP contribution in [0.25, 0.3) is 0 Å². The van der Waals surface area contributed by atoms with Crippen LogP contribution in [0.15, 0.2) is 24.3 Å². The van der Waals surface area contributed by atoms with Gasteiger partial charge in [-0.25, -0.2) is 9.79 Å². The topological polar surface area (TPSA) is 69.8 Å². The molecule has 1 heterocycles. The summed E-state index contributed by atoms with van der Waals surface area (Å²) in [4.78, 5) is 29.6. The number of ether oxygens (including phenoxy) is 2. The van der Waals surface area contributed by atoms with Crippen molar-refractivity contribution >= 4 is 23.3 Å². The number of nitrogens with one attached hydrogen (secondary N) is 1. The summed E-state index contributed by atoms with van der Waals surface area (Å²) >= 11 is 0.